The predicted molar refractivity (Wildman–Crippen MR) is 54.4 cm³/mol. The molecule has 0 bridgehead atoms. The van der Waals surface area contributed by atoms with Crippen LogP contribution in [-0.4, -0.2) is 24.9 Å². The van der Waals surface area contributed by atoms with E-state index in [1.807, 2.05) is 6.92 Å². The Morgan fingerprint density at radius 3 is 2.29 bits per heavy atom. The molecule has 0 aliphatic heterocycles. The van der Waals surface area contributed by atoms with E-state index in [4.69, 9.17) is 6.42 Å². The molecular formula is C10H16N2O2. The van der Waals surface area contributed by atoms with Crippen LogP contribution in [0.5, 0.6) is 0 Å². The van der Waals surface area contributed by atoms with Gasteiger partial charge in [0.1, 0.15) is 0 Å². The van der Waals surface area contributed by atoms with Gasteiger partial charge in [-0.2, -0.15) is 0 Å². The highest BCUT2D eigenvalue weighted by Gasteiger charge is 2.04. The second kappa shape index (κ2) is 8.11. The van der Waals surface area contributed by atoms with E-state index >= 15 is 0 Å². The zero-order chi connectivity index (χ0) is 10.8. The molecule has 4 nitrogen and oxygen atoms in total. The summed E-state index contributed by atoms with van der Waals surface area (Å²) in [5.41, 5.74) is 0. The Balaban J connectivity index is 3.47. The predicted octanol–water partition coefficient (Wildman–Crippen LogP) is 0.0422. The van der Waals surface area contributed by atoms with Crippen molar-refractivity contribution < 1.29 is 9.59 Å². The molecule has 0 saturated heterocycles. The normalized spacial score (nSPS) is 8.86. The number of terminal acetylenes is 1. The van der Waals surface area contributed by atoms with Crippen LogP contribution >= 0.6 is 0 Å². The Hall–Kier alpha value is -1.50. The molecule has 0 atom stereocenters. The average Bonchev–Trinajstić information content (AvgIpc) is 2.20. The summed E-state index contributed by atoms with van der Waals surface area (Å²) >= 11 is 0. The van der Waals surface area contributed by atoms with Gasteiger partial charge in [-0.3, -0.25) is 9.59 Å². The van der Waals surface area contributed by atoms with E-state index in [-0.39, 0.29) is 31.2 Å². The van der Waals surface area contributed by atoms with Crippen LogP contribution < -0.4 is 10.6 Å². The number of carbonyl (C=O) groups is 2. The van der Waals surface area contributed by atoms with E-state index in [0.717, 1.165) is 6.42 Å². The molecule has 0 aromatic rings. The summed E-state index contributed by atoms with van der Waals surface area (Å²) in [6.07, 6.45) is 6.26. The Morgan fingerprint density at radius 1 is 1.21 bits per heavy atom. The molecule has 0 aliphatic rings. The molecule has 0 aliphatic carbocycles. The summed E-state index contributed by atoms with van der Waals surface area (Å²) < 4.78 is 0. The van der Waals surface area contributed by atoms with Gasteiger partial charge < -0.3 is 10.6 Å². The number of hydrogen-bond donors (Lipinski definition) is 2. The average molecular weight is 196 g/mol. The Morgan fingerprint density at radius 2 is 1.79 bits per heavy atom. The maximum absolute atomic E-state index is 11.0. The topological polar surface area (TPSA) is 58.2 Å². The molecule has 0 aromatic carbocycles. The van der Waals surface area contributed by atoms with E-state index in [2.05, 4.69) is 16.6 Å². The standard InChI is InChI=1S/C10H16N2O2/c1-3-7-11-9(13)5-6-10(14)12-8-4-2/h1H,4-8H2,2H3,(H,11,13)(H,12,14). The van der Waals surface area contributed by atoms with Gasteiger partial charge in [0.05, 0.1) is 6.54 Å². The zero-order valence-electron chi connectivity index (χ0n) is 8.43. The molecule has 14 heavy (non-hydrogen) atoms. The van der Waals surface area contributed by atoms with Gasteiger partial charge in [0, 0.05) is 19.4 Å². The van der Waals surface area contributed by atoms with Gasteiger partial charge in [0.15, 0.2) is 0 Å². The van der Waals surface area contributed by atoms with Gasteiger partial charge in [-0.15, -0.1) is 6.42 Å². The Kier molecular flexibility index (Phi) is 7.24. The van der Waals surface area contributed by atoms with Gasteiger partial charge in [0.25, 0.3) is 0 Å². The SMILES string of the molecule is C#CCNC(=O)CCC(=O)NCCC. The maximum atomic E-state index is 11.0. The first-order valence-electron chi connectivity index (χ1n) is 4.67. The molecule has 0 radical (unpaired) electrons. The van der Waals surface area contributed by atoms with E-state index in [0.29, 0.717) is 6.54 Å². The smallest absolute Gasteiger partial charge is 0.221 e. The lowest BCUT2D eigenvalue weighted by Crippen LogP contribution is -2.28. The second-order valence-corrected chi connectivity index (χ2v) is 2.83. The number of hydrogen-bond acceptors (Lipinski definition) is 2. The third-order valence-electron chi connectivity index (χ3n) is 1.54. The van der Waals surface area contributed by atoms with E-state index in [1.165, 1.54) is 0 Å². The molecule has 0 fully saturated rings. The minimum atomic E-state index is -0.186. The molecule has 2 N–H and O–H groups in total. The molecular weight excluding hydrogens is 180 g/mol. The lowest BCUT2D eigenvalue weighted by Gasteiger charge is -2.03. The molecule has 4 heteroatoms. The van der Waals surface area contributed by atoms with Gasteiger partial charge in [0.2, 0.25) is 11.8 Å². The molecule has 78 valence electrons. The summed E-state index contributed by atoms with van der Waals surface area (Å²) in [6.45, 7) is 2.85. The van der Waals surface area contributed by atoms with Crippen molar-refractivity contribution in [3.63, 3.8) is 0 Å². The van der Waals surface area contributed by atoms with Crippen molar-refractivity contribution in [2.24, 2.45) is 0 Å². The third kappa shape index (κ3) is 7.17. The minimum Gasteiger partial charge on any atom is -0.356 e. The highest BCUT2D eigenvalue weighted by atomic mass is 16.2. The van der Waals surface area contributed by atoms with Crippen molar-refractivity contribution >= 4 is 11.8 Å². The number of amides is 2. The van der Waals surface area contributed by atoms with Gasteiger partial charge in [-0.1, -0.05) is 12.8 Å². The van der Waals surface area contributed by atoms with E-state index in [9.17, 15) is 9.59 Å². The van der Waals surface area contributed by atoms with Crippen molar-refractivity contribution in [2.45, 2.75) is 26.2 Å². The van der Waals surface area contributed by atoms with Gasteiger partial charge in [-0.25, -0.2) is 0 Å². The fourth-order valence-electron chi connectivity index (χ4n) is 0.818. The molecule has 0 unspecified atom stereocenters. The Labute approximate surface area is 84.4 Å². The fourth-order valence-corrected chi connectivity index (χ4v) is 0.818. The van der Waals surface area contributed by atoms with Crippen molar-refractivity contribution in [1.29, 1.82) is 0 Å². The van der Waals surface area contributed by atoms with Crippen molar-refractivity contribution in [1.82, 2.24) is 10.6 Å². The largest absolute Gasteiger partial charge is 0.356 e. The van der Waals surface area contributed by atoms with Gasteiger partial charge in [-0.05, 0) is 6.42 Å². The van der Waals surface area contributed by atoms with Crippen LogP contribution in [0.4, 0.5) is 0 Å². The molecule has 0 rings (SSSR count). The van der Waals surface area contributed by atoms with Crippen LogP contribution in [0.1, 0.15) is 26.2 Å². The quantitative estimate of drug-likeness (QED) is 0.589. The highest BCUT2D eigenvalue weighted by Crippen LogP contribution is 1.88. The Bertz CT molecular complexity index is 231. The van der Waals surface area contributed by atoms with Crippen LogP contribution in [0.2, 0.25) is 0 Å². The van der Waals surface area contributed by atoms with Gasteiger partial charge >= 0.3 is 0 Å². The van der Waals surface area contributed by atoms with E-state index < -0.39 is 0 Å². The molecule has 0 saturated carbocycles. The first-order chi connectivity index (χ1) is 6.70. The minimum absolute atomic E-state index is 0.0947. The highest BCUT2D eigenvalue weighted by molar-refractivity contribution is 5.83. The van der Waals surface area contributed by atoms with Crippen LogP contribution in [-0.2, 0) is 9.59 Å². The molecule has 0 aromatic heterocycles. The van der Waals surface area contributed by atoms with E-state index in [1.54, 1.807) is 0 Å². The second-order valence-electron chi connectivity index (χ2n) is 2.83. The summed E-state index contributed by atoms with van der Waals surface area (Å²) in [7, 11) is 0. The summed E-state index contributed by atoms with van der Waals surface area (Å²) in [5.74, 6) is 2.01. The first-order valence-corrected chi connectivity index (χ1v) is 4.67. The first kappa shape index (κ1) is 12.5. The number of nitrogens with one attached hydrogen (secondary N) is 2. The van der Waals surface area contributed by atoms with Crippen LogP contribution in [0.25, 0.3) is 0 Å². The van der Waals surface area contributed by atoms with Crippen LogP contribution in [0, 0.1) is 12.3 Å². The molecule has 2 amide bonds. The van der Waals surface area contributed by atoms with Crippen molar-refractivity contribution in [2.75, 3.05) is 13.1 Å². The monoisotopic (exact) mass is 196 g/mol. The van der Waals surface area contributed by atoms with Crippen LogP contribution in [0.3, 0.4) is 0 Å². The molecule has 0 spiro atoms. The molecule has 0 heterocycles. The lowest BCUT2D eigenvalue weighted by atomic mass is 10.3. The summed E-state index contributed by atoms with van der Waals surface area (Å²) in [4.78, 5) is 22.0. The van der Waals surface area contributed by atoms with Crippen molar-refractivity contribution in [3.8, 4) is 12.3 Å². The zero-order valence-corrected chi connectivity index (χ0v) is 8.43. The third-order valence-corrected chi connectivity index (χ3v) is 1.54. The summed E-state index contributed by atoms with van der Waals surface area (Å²) in [5, 5.41) is 5.17. The number of carbonyl (C=O) groups excluding carboxylic acids is 2. The van der Waals surface area contributed by atoms with Crippen LogP contribution in [0.15, 0.2) is 0 Å². The lowest BCUT2D eigenvalue weighted by molar-refractivity contribution is -0.126. The summed E-state index contributed by atoms with van der Waals surface area (Å²) in [6, 6.07) is 0. The fraction of sp³-hybridized carbons (Fsp3) is 0.600. The maximum Gasteiger partial charge on any atom is 0.221 e. The van der Waals surface area contributed by atoms with Crippen molar-refractivity contribution in [3.05, 3.63) is 0 Å². The number of rotatable bonds is 6.